The van der Waals surface area contributed by atoms with E-state index in [1.807, 2.05) is 0 Å². The normalized spacial score (nSPS) is 11.1. The molecule has 0 radical (unpaired) electrons. The third kappa shape index (κ3) is 12.2. The summed E-state index contributed by atoms with van der Waals surface area (Å²) in [4.78, 5) is 0. The van der Waals surface area contributed by atoms with E-state index in [-0.39, 0.29) is 0 Å². The van der Waals surface area contributed by atoms with Crippen molar-refractivity contribution in [1.82, 2.24) is 0 Å². The number of hydrogen-bond donors (Lipinski definition) is 0. The maximum absolute atomic E-state index is 6.90. The van der Waals surface area contributed by atoms with Crippen molar-refractivity contribution in [3.8, 4) is 100 Å². The van der Waals surface area contributed by atoms with Gasteiger partial charge in [-0.2, -0.15) is 0 Å². The van der Waals surface area contributed by atoms with Crippen LogP contribution in [0.1, 0.15) is 16.7 Å². The molecule has 0 aromatic heterocycles. The molecule has 3 nitrogen and oxygen atoms in total. The summed E-state index contributed by atoms with van der Waals surface area (Å²) >= 11 is 0. The van der Waals surface area contributed by atoms with E-state index in [1.165, 1.54) is 83.5 Å². The summed E-state index contributed by atoms with van der Waals surface area (Å²) in [5, 5.41) is 0. The summed E-state index contributed by atoms with van der Waals surface area (Å²) in [5.41, 5.74) is 24.7. The minimum Gasteiger partial charge on any atom is -0.386 e. The van der Waals surface area contributed by atoms with Crippen molar-refractivity contribution in [2.45, 2.75) is 19.3 Å². The summed E-state index contributed by atoms with van der Waals surface area (Å²) < 4.78 is 20.7. The predicted octanol–water partition coefficient (Wildman–Crippen LogP) is 19.8. The summed E-state index contributed by atoms with van der Waals surface area (Å²) in [7, 11) is -0.952. The van der Waals surface area contributed by atoms with E-state index in [0.717, 1.165) is 33.4 Å². The molecular formula is C78H63BO3. The van der Waals surface area contributed by atoms with Crippen molar-refractivity contribution in [1.29, 1.82) is 0 Å². The molecule has 12 aromatic rings. The molecule has 0 unspecified atom stereocenters. The zero-order chi connectivity index (χ0) is 55.1. The zero-order valence-electron chi connectivity index (χ0n) is 46.0. The zero-order valence-corrected chi connectivity index (χ0v) is 46.0. The lowest BCUT2D eigenvalue weighted by molar-refractivity contribution is 0.0959. The molecule has 0 atom stereocenters. The minimum atomic E-state index is -0.952. The fraction of sp³-hybridized carbons (Fsp3) is 0.0769. The van der Waals surface area contributed by atoms with Crippen molar-refractivity contribution < 1.29 is 14.0 Å². The fourth-order valence-corrected chi connectivity index (χ4v) is 11.6. The number of hydrogen-bond acceptors (Lipinski definition) is 3. The lowest BCUT2D eigenvalue weighted by atomic mass is 9.84. The molecule has 0 saturated carbocycles. The second-order valence-corrected chi connectivity index (χ2v) is 20.5. The molecule has 0 N–H and O–H groups in total. The first-order chi connectivity index (χ1) is 40.7. The van der Waals surface area contributed by atoms with Crippen LogP contribution in [0.3, 0.4) is 0 Å². The highest BCUT2D eigenvalue weighted by molar-refractivity contribution is 6.36. The first kappa shape index (κ1) is 53.2. The number of rotatable bonds is 21. The molecule has 0 aliphatic heterocycles. The molecule has 0 amide bonds. The number of benzene rings is 12. The van der Waals surface area contributed by atoms with E-state index in [9.17, 15) is 0 Å². The van der Waals surface area contributed by atoms with Crippen molar-refractivity contribution >= 4 is 7.32 Å². The second-order valence-electron chi connectivity index (χ2n) is 20.5. The first-order valence-corrected chi connectivity index (χ1v) is 28.6. The Kier molecular flexibility index (Phi) is 17.0. The standard InChI is InChI=1S/C78H63BO3/c1-10-28-58(29-11-1)70-49-46-67(73(61-34-16-4-17-35-61)76(70)64-40-22-7-23-41-64)52-55-80-79(81-56-53-68-47-50-71(59-30-12-2-13-31-59)77(65-42-24-8-25-43-65)74(68)62-36-18-5-19-37-62)82-57-54-69-48-51-72(60-32-14-3-15-33-60)78(66-44-26-9-27-45-66)75(69)63-38-20-6-21-39-63/h1-51H,52-57H2. The highest BCUT2D eigenvalue weighted by Gasteiger charge is 2.26. The highest BCUT2D eigenvalue weighted by atomic mass is 16.7. The summed E-state index contributed by atoms with van der Waals surface area (Å²) in [6.07, 6.45) is 1.88. The minimum absolute atomic E-state index is 0.363. The molecule has 12 aromatic carbocycles. The van der Waals surface area contributed by atoms with Crippen LogP contribution in [0.25, 0.3) is 100 Å². The van der Waals surface area contributed by atoms with Gasteiger partial charge in [0.15, 0.2) is 0 Å². The van der Waals surface area contributed by atoms with Gasteiger partial charge in [0.1, 0.15) is 0 Å². The van der Waals surface area contributed by atoms with Crippen LogP contribution in [0.4, 0.5) is 0 Å². The van der Waals surface area contributed by atoms with Crippen LogP contribution in [-0.4, -0.2) is 27.1 Å². The van der Waals surface area contributed by atoms with Gasteiger partial charge in [-0.1, -0.05) is 309 Å². The van der Waals surface area contributed by atoms with E-state index >= 15 is 0 Å². The fourth-order valence-electron chi connectivity index (χ4n) is 11.6. The Morgan fingerprint density at radius 2 is 0.366 bits per heavy atom. The van der Waals surface area contributed by atoms with Crippen LogP contribution in [0, 0.1) is 0 Å². The lowest BCUT2D eigenvalue weighted by Gasteiger charge is -2.22. The molecule has 0 aliphatic rings. The van der Waals surface area contributed by atoms with Gasteiger partial charge < -0.3 is 14.0 Å². The van der Waals surface area contributed by atoms with Gasteiger partial charge in [0.25, 0.3) is 0 Å². The average molecular weight is 1060 g/mol. The van der Waals surface area contributed by atoms with E-state index in [4.69, 9.17) is 14.0 Å². The van der Waals surface area contributed by atoms with Crippen LogP contribution in [0.15, 0.2) is 309 Å². The summed E-state index contributed by atoms with van der Waals surface area (Å²) in [6, 6.07) is 110. The third-order valence-electron chi connectivity index (χ3n) is 15.4. The topological polar surface area (TPSA) is 27.7 Å². The van der Waals surface area contributed by atoms with E-state index < -0.39 is 7.32 Å². The van der Waals surface area contributed by atoms with Gasteiger partial charge in [0.2, 0.25) is 0 Å². The molecule has 0 aliphatic carbocycles. The van der Waals surface area contributed by atoms with Crippen LogP contribution >= 0.6 is 0 Å². The molecule has 82 heavy (non-hydrogen) atoms. The van der Waals surface area contributed by atoms with Crippen LogP contribution < -0.4 is 0 Å². The van der Waals surface area contributed by atoms with Crippen LogP contribution in [0.2, 0.25) is 0 Å². The Bertz CT molecular complexity index is 3540. The van der Waals surface area contributed by atoms with Crippen LogP contribution in [-0.2, 0) is 33.2 Å². The van der Waals surface area contributed by atoms with Gasteiger partial charge >= 0.3 is 7.32 Å². The van der Waals surface area contributed by atoms with Crippen molar-refractivity contribution in [3.05, 3.63) is 326 Å². The summed E-state index contributed by atoms with van der Waals surface area (Å²) in [6.45, 7) is 1.09. The van der Waals surface area contributed by atoms with E-state index in [0.29, 0.717) is 39.1 Å². The van der Waals surface area contributed by atoms with Crippen molar-refractivity contribution in [3.63, 3.8) is 0 Å². The maximum atomic E-state index is 6.90. The lowest BCUT2D eigenvalue weighted by Crippen LogP contribution is -2.30. The second kappa shape index (κ2) is 26.2. The largest absolute Gasteiger partial charge is 0.639 e. The van der Waals surface area contributed by atoms with E-state index in [2.05, 4.69) is 309 Å². The molecule has 0 saturated heterocycles. The van der Waals surface area contributed by atoms with Gasteiger partial charge in [-0.3, -0.25) is 0 Å². The van der Waals surface area contributed by atoms with Gasteiger partial charge in [-0.15, -0.1) is 0 Å². The molecular weight excluding hydrogens is 996 g/mol. The highest BCUT2D eigenvalue weighted by Crippen LogP contribution is 2.46. The SMILES string of the molecule is c1ccc(-c2ccc(CCOB(OCCc3ccc(-c4ccccc4)c(-c4ccccc4)c3-c3ccccc3)OCCc3ccc(-c4ccccc4)c(-c4ccccc4)c3-c3ccccc3)c(-c3ccccc3)c2-c2ccccc2)cc1. The average Bonchev–Trinajstić information content (AvgIpc) is 3.66. The first-order valence-electron chi connectivity index (χ1n) is 28.6. The maximum Gasteiger partial charge on any atom is 0.639 e. The quantitative estimate of drug-likeness (QED) is 0.0671. The molecule has 396 valence electrons. The molecule has 0 spiro atoms. The Morgan fingerprint density at radius 1 is 0.183 bits per heavy atom. The Labute approximate surface area is 484 Å². The molecule has 0 heterocycles. The van der Waals surface area contributed by atoms with Gasteiger partial charge in [0.05, 0.1) is 0 Å². The van der Waals surface area contributed by atoms with Gasteiger partial charge in [-0.05, 0) is 136 Å². The van der Waals surface area contributed by atoms with Crippen molar-refractivity contribution in [2.24, 2.45) is 0 Å². The molecule has 12 rings (SSSR count). The smallest absolute Gasteiger partial charge is 0.386 e. The van der Waals surface area contributed by atoms with Gasteiger partial charge in [0, 0.05) is 19.8 Å². The predicted molar refractivity (Wildman–Crippen MR) is 343 cm³/mol. The van der Waals surface area contributed by atoms with Crippen LogP contribution in [0.5, 0.6) is 0 Å². The van der Waals surface area contributed by atoms with Gasteiger partial charge in [-0.25, -0.2) is 0 Å². The Balaban J connectivity index is 0.895. The van der Waals surface area contributed by atoms with Crippen molar-refractivity contribution in [2.75, 3.05) is 19.8 Å². The third-order valence-corrected chi connectivity index (χ3v) is 15.4. The molecule has 4 heteroatoms. The van der Waals surface area contributed by atoms with E-state index in [1.54, 1.807) is 0 Å². The molecule has 0 bridgehead atoms. The monoisotopic (exact) mass is 1060 g/mol. The Hall–Kier alpha value is -9.42. The molecule has 0 fully saturated rings. The Morgan fingerprint density at radius 3 is 0.573 bits per heavy atom. The summed E-state index contributed by atoms with van der Waals surface area (Å²) in [5.74, 6) is 0.